The first-order valence-electron chi connectivity index (χ1n) is 10.7. The number of hydrogen-bond donors (Lipinski definition) is 3. The summed E-state index contributed by atoms with van der Waals surface area (Å²) in [7, 11) is 0. The fourth-order valence-electron chi connectivity index (χ4n) is 3.39. The summed E-state index contributed by atoms with van der Waals surface area (Å²) in [5.41, 5.74) is 9.31. The van der Waals surface area contributed by atoms with Crippen LogP contribution in [0.3, 0.4) is 0 Å². The second kappa shape index (κ2) is 11.2. The Balaban J connectivity index is 1.50. The molecule has 0 aliphatic carbocycles. The highest BCUT2D eigenvalue weighted by Crippen LogP contribution is 2.23. The number of anilines is 1. The van der Waals surface area contributed by atoms with Gasteiger partial charge in [0.05, 0.1) is 29.5 Å². The molecule has 0 amide bonds. The van der Waals surface area contributed by atoms with Crippen LogP contribution >= 0.6 is 0 Å². The maximum Gasteiger partial charge on any atom is 0.338 e. The zero-order valence-electron chi connectivity index (χ0n) is 18.3. The van der Waals surface area contributed by atoms with Gasteiger partial charge in [-0.15, -0.1) is 0 Å². The number of ether oxygens (including phenoxy) is 1. The first-order chi connectivity index (χ1) is 15.9. The number of nitriles is 1. The van der Waals surface area contributed by atoms with Crippen molar-refractivity contribution in [2.75, 3.05) is 25.4 Å². The largest absolute Gasteiger partial charge is 0.462 e. The molecule has 3 aromatic rings. The van der Waals surface area contributed by atoms with E-state index in [1.165, 1.54) is 6.07 Å². The molecule has 0 saturated heterocycles. The van der Waals surface area contributed by atoms with Crippen LogP contribution < -0.4 is 11.1 Å². The average Bonchev–Trinajstić information content (AvgIpc) is 2.84. The van der Waals surface area contributed by atoms with Gasteiger partial charge in [0.1, 0.15) is 11.9 Å². The zero-order valence-corrected chi connectivity index (χ0v) is 18.3. The van der Waals surface area contributed by atoms with Crippen LogP contribution in [-0.2, 0) is 11.2 Å². The standard InChI is InChI=1S/C26H26FN3O3/c1-2-33-26(32)20-9-7-19(8-10-20)18-5-3-17(4-6-18)11-12-30-16-24(31)21-13-22(15-28)25(29)23(27)14-21/h3-10,13-14,24,30-31H,2,11-12,16,29H2,1H3. The first kappa shape index (κ1) is 23.9. The third-order valence-electron chi connectivity index (χ3n) is 5.27. The Labute approximate surface area is 192 Å². The Morgan fingerprint density at radius 2 is 1.79 bits per heavy atom. The lowest BCUT2D eigenvalue weighted by atomic mass is 10.0. The molecule has 0 aliphatic heterocycles. The summed E-state index contributed by atoms with van der Waals surface area (Å²) in [5, 5.41) is 22.5. The SMILES string of the molecule is CCOC(=O)c1ccc(-c2ccc(CCNCC(O)c3cc(F)c(N)c(C#N)c3)cc2)cc1. The van der Waals surface area contributed by atoms with Crippen LogP contribution in [0.5, 0.6) is 0 Å². The minimum atomic E-state index is -0.952. The molecular weight excluding hydrogens is 421 g/mol. The number of nitrogens with zero attached hydrogens (tertiary/aromatic N) is 1. The predicted octanol–water partition coefficient (Wildman–Crippen LogP) is 3.99. The molecule has 7 heteroatoms. The molecule has 170 valence electrons. The van der Waals surface area contributed by atoms with Gasteiger partial charge in [0, 0.05) is 6.54 Å². The van der Waals surface area contributed by atoms with Crippen molar-refractivity contribution < 1.29 is 19.0 Å². The van der Waals surface area contributed by atoms with Crippen molar-refractivity contribution in [2.45, 2.75) is 19.4 Å². The van der Waals surface area contributed by atoms with E-state index in [-0.39, 0.29) is 23.8 Å². The van der Waals surface area contributed by atoms with E-state index in [2.05, 4.69) is 5.32 Å². The fourth-order valence-corrected chi connectivity index (χ4v) is 3.39. The Kier molecular flexibility index (Phi) is 8.14. The maximum atomic E-state index is 13.8. The molecule has 0 spiro atoms. The molecule has 3 rings (SSSR count). The number of hydrogen-bond acceptors (Lipinski definition) is 6. The van der Waals surface area contributed by atoms with Crippen LogP contribution in [0.4, 0.5) is 10.1 Å². The van der Waals surface area contributed by atoms with Gasteiger partial charge in [0.15, 0.2) is 0 Å². The van der Waals surface area contributed by atoms with Gasteiger partial charge in [-0.3, -0.25) is 0 Å². The lowest BCUT2D eigenvalue weighted by molar-refractivity contribution is 0.0526. The molecule has 33 heavy (non-hydrogen) atoms. The van der Waals surface area contributed by atoms with Crippen LogP contribution in [0.15, 0.2) is 60.7 Å². The highest BCUT2D eigenvalue weighted by atomic mass is 19.1. The van der Waals surface area contributed by atoms with E-state index in [4.69, 9.17) is 15.7 Å². The molecule has 0 heterocycles. The summed E-state index contributed by atoms with van der Waals surface area (Å²) in [6, 6.07) is 19.8. The zero-order chi connectivity index (χ0) is 23.8. The smallest absolute Gasteiger partial charge is 0.338 e. The lowest BCUT2D eigenvalue weighted by Crippen LogP contribution is -2.24. The van der Waals surface area contributed by atoms with Crippen molar-refractivity contribution in [1.82, 2.24) is 5.32 Å². The van der Waals surface area contributed by atoms with E-state index in [1.54, 1.807) is 19.1 Å². The van der Waals surface area contributed by atoms with Crippen molar-refractivity contribution in [3.8, 4) is 17.2 Å². The number of benzene rings is 3. The normalized spacial score (nSPS) is 11.6. The molecule has 0 fully saturated rings. The monoisotopic (exact) mass is 447 g/mol. The Morgan fingerprint density at radius 3 is 2.39 bits per heavy atom. The first-order valence-corrected chi connectivity index (χ1v) is 10.7. The van der Waals surface area contributed by atoms with Gasteiger partial charge in [-0.2, -0.15) is 5.26 Å². The van der Waals surface area contributed by atoms with E-state index in [1.807, 2.05) is 42.5 Å². The number of rotatable bonds is 9. The van der Waals surface area contributed by atoms with E-state index in [0.29, 0.717) is 24.3 Å². The topological polar surface area (TPSA) is 108 Å². The van der Waals surface area contributed by atoms with E-state index < -0.39 is 11.9 Å². The highest BCUT2D eigenvalue weighted by molar-refractivity contribution is 5.90. The number of aliphatic hydroxyl groups excluding tert-OH is 1. The van der Waals surface area contributed by atoms with Gasteiger partial charge < -0.3 is 20.9 Å². The fraction of sp³-hybridized carbons (Fsp3) is 0.231. The Hall–Kier alpha value is -3.73. The van der Waals surface area contributed by atoms with Gasteiger partial charge in [0.25, 0.3) is 0 Å². The summed E-state index contributed by atoms with van der Waals surface area (Å²) in [4.78, 5) is 11.8. The Morgan fingerprint density at radius 1 is 1.15 bits per heavy atom. The van der Waals surface area contributed by atoms with Gasteiger partial charge in [-0.05, 0) is 66.4 Å². The summed E-state index contributed by atoms with van der Waals surface area (Å²) in [5.74, 6) is -1.04. The van der Waals surface area contributed by atoms with Crippen molar-refractivity contribution in [3.05, 3.63) is 88.7 Å². The van der Waals surface area contributed by atoms with Gasteiger partial charge in [-0.25, -0.2) is 9.18 Å². The number of nitrogens with two attached hydrogens (primary N) is 1. The van der Waals surface area contributed by atoms with Crippen molar-refractivity contribution in [3.63, 3.8) is 0 Å². The van der Waals surface area contributed by atoms with Crippen LogP contribution in [-0.4, -0.2) is 30.8 Å². The second-order valence-corrected chi connectivity index (χ2v) is 7.54. The molecule has 1 atom stereocenters. The number of carbonyl (C=O) groups is 1. The molecule has 0 aliphatic rings. The third kappa shape index (κ3) is 6.16. The van der Waals surface area contributed by atoms with Crippen LogP contribution in [0, 0.1) is 17.1 Å². The van der Waals surface area contributed by atoms with Crippen molar-refractivity contribution in [2.24, 2.45) is 0 Å². The Bertz CT molecular complexity index is 1140. The number of halogens is 1. The number of nitrogens with one attached hydrogen (secondary N) is 1. The minimum absolute atomic E-state index is 0.0136. The minimum Gasteiger partial charge on any atom is -0.462 e. The van der Waals surface area contributed by atoms with Gasteiger partial charge in [0.2, 0.25) is 0 Å². The van der Waals surface area contributed by atoms with E-state index in [0.717, 1.165) is 29.2 Å². The van der Waals surface area contributed by atoms with Crippen LogP contribution in [0.2, 0.25) is 0 Å². The van der Waals surface area contributed by atoms with Crippen LogP contribution in [0.1, 0.15) is 40.1 Å². The molecule has 6 nitrogen and oxygen atoms in total. The number of carbonyl (C=O) groups excluding carboxylic acids is 1. The van der Waals surface area contributed by atoms with E-state index >= 15 is 0 Å². The summed E-state index contributed by atoms with van der Waals surface area (Å²) in [6.45, 7) is 2.96. The molecule has 3 aromatic carbocycles. The second-order valence-electron chi connectivity index (χ2n) is 7.54. The molecule has 4 N–H and O–H groups in total. The summed E-state index contributed by atoms with van der Waals surface area (Å²) >= 11 is 0. The molecule has 0 saturated carbocycles. The average molecular weight is 448 g/mol. The summed E-state index contributed by atoms with van der Waals surface area (Å²) < 4.78 is 18.8. The maximum absolute atomic E-state index is 13.8. The van der Waals surface area contributed by atoms with E-state index in [9.17, 15) is 14.3 Å². The van der Waals surface area contributed by atoms with Crippen molar-refractivity contribution >= 4 is 11.7 Å². The molecule has 0 bridgehead atoms. The number of nitrogen functional groups attached to an aromatic ring is 1. The lowest BCUT2D eigenvalue weighted by Gasteiger charge is -2.14. The molecule has 0 radical (unpaired) electrons. The quantitative estimate of drug-likeness (QED) is 0.260. The molecule has 1 unspecified atom stereocenters. The predicted molar refractivity (Wildman–Crippen MR) is 125 cm³/mol. The number of aliphatic hydroxyl groups is 1. The van der Waals surface area contributed by atoms with Crippen LogP contribution in [0.25, 0.3) is 11.1 Å². The van der Waals surface area contributed by atoms with Gasteiger partial charge >= 0.3 is 5.97 Å². The third-order valence-corrected chi connectivity index (χ3v) is 5.27. The molecule has 0 aromatic heterocycles. The summed E-state index contributed by atoms with van der Waals surface area (Å²) in [6.07, 6.45) is -0.207. The highest BCUT2D eigenvalue weighted by Gasteiger charge is 2.13. The van der Waals surface area contributed by atoms with Crippen molar-refractivity contribution in [1.29, 1.82) is 5.26 Å². The van der Waals surface area contributed by atoms with Gasteiger partial charge in [-0.1, -0.05) is 36.4 Å². The number of esters is 1. The molecular formula is C26H26FN3O3.